The summed E-state index contributed by atoms with van der Waals surface area (Å²) in [5.74, 6) is 1.56. The van der Waals surface area contributed by atoms with Crippen molar-refractivity contribution < 1.29 is 4.79 Å². The number of nitrogens with one attached hydrogen (secondary N) is 1. The number of hydrogen-bond acceptors (Lipinski definition) is 4. The minimum absolute atomic E-state index is 0.259. The van der Waals surface area contributed by atoms with E-state index in [-0.39, 0.29) is 5.91 Å². The summed E-state index contributed by atoms with van der Waals surface area (Å²) in [4.78, 5) is 14.6. The molecule has 0 unspecified atom stereocenters. The third-order valence-electron chi connectivity index (χ3n) is 5.11. The molecule has 0 bridgehead atoms. The molecule has 2 aliphatic rings. The third kappa shape index (κ3) is 6.87. The number of piperidine rings is 1. The Labute approximate surface area is 160 Å². The van der Waals surface area contributed by atoms with Gasteiger partial charge in [-0.3, -0.25) is 9.69 Å². The Morgan fingerprint density at radius 3 is 2.64 bits per heavy atom. The molecule has 25 heavy (non-hydrogen) atoms. The fourth-order valence-electron chi connectivity index (χ4n) is 3.60. The van der Waals surface area contributed by atoms with E-state index in [2.05, 4.69) is 40.5 Å². The van der Waals surface area contributed by atoms with E-state index >= 15 is 0 Å². The van der Waals surface area contributed by atoms with Gasteiger partial charge < -0.3 is 5.32 Å². The van der Waals surface area contributed by atoms with Crippen LogP contribution in [-0.4, -0.2) is 40.9 Å². The highest BCUT2D eigenvalue weighted by Crippen LogP contribution is 2.39. The Morgan fingerprint density at radius 1 is 1.12 bits per heavy atom. The van der Waals surface area contributed by atoms with Crippen molar-refractivity contribution in [3.63, 3.8) is 0 Å². The summed E-state index contributed by atoms with van der Waals surface area (Å²) in [6, 6.07) is 11.0. The van der Waals surface area contributed by atoms with E-state index in [1.54, 1.807) is 0 Å². The molecule has 3 rings (SSSR count). The highest BCUT2D eigenvalue weighted by Gasteiger charge is 2.21. The molecule has 0 saturated carbocycles. The predicted octanol–water partition coefficient (Wildman–Crippen LogP) is 4.48. The van der Waals surface area contributed by atoms with Crippen LogP contribution in [0.3, 0.4) is 0 Å². The van der Waals surface area contributed by atoms with E-state index in [1.807, 2.05) is 21.6 Å². The Morgan fingerprint density at radius 2 is 1.92 bits per heavy atom. The Bertz CT molecular complexity index is 512. The fraction of sp³-hybridized carbons (Fsp3) is 0.650. The lowest BCUT2D eigenvalue weighted by atomic mass is 10.0. The SMILES string of the molecule is O=C(CCCC[C@H]1CCSS1)NC1CCN(Cc2ccccc2)CC1. The molecule has 138 valence electrons. The first kappa shape index (κ1) is 19.1. The molecule has 0 radical (unpaired) electrons. The lowest BCUT2D eigenvalue weighted by Crippen LogP contribution is -2.44. The van der Waals surface area contributed by atoms with E-state index in [9.17, 15) is 4.79 Å². The number of carbonyl (C=O) groups is 1. The molecule has 2 aliphatic heterocycles. The maximum absolute atomic E-state index is 12.1. The number of unbranched alkanes of at least 4 members (excludes halogenated alkanes) is 1. The van der Waals surface area contributed by atoms with Crippen LogP contribution < -0.4 is 5.32 Å². The van der Waals surface area contributed by atoms with Crippen molar-refractivity contribution in [3.05, 3.63) is 35.9 Å². The molecule has 3 nitrogen and oxygen atoms in total. The summed E-state index contributed by atoms with van der Waals surface area (Å²) in [5.41, 5.74) is 1.38. The lowest BCUT2D eigenvalue weighted by Gasteiger charge is -2.32. The summed E-state index contributed by atoms with van der Waals surface area (Å²) in [6.07, 6.45) is 7.73. The van der Waals surface area contributed by atoms with E-state index in [0.29, 0.717) is 12.5 Å². The molecule has 1 atom stereocenters. The molecular weight excluding hydrogens is 348 g/mol. The van der Waals surface area contributed by atoms with Gasteiger partial charge in [-0.15, -0.1) is 0 Å². The summed E-state index contributed by atoms with van der Waals surface area (Å²) in [7, 11) is 4.05. The van der Waals surface area contributed by atoms with Crippen LogP contribution in [0.25, 0.3) is 0 Å². The van der Waals surface area contributed by atoms with Crippen LogP contribution in [0, 0.1) is 0 Å². The number of rotatable bonds is 8. The van der Waals surface area contributed by atoms with Crippen molar-refractivity contribution in [2.24, 2.45) is 0 Å². The van der Waals surface area contributed by atoms with E-state index in [0.717, 1.165) is 44.1 Å². The first-order chi connectivity index (χ1) is 12.3. The van der Waals surface area contributed by atoms with Gasteiger partial charge in [0, 0.05) is 43.1 Å². The zero-order valence-electron chi connectivity index (χ0n) is 15.0. The Balaban J connectivity index is 1.26. The van der Waals surface area contributed by atoms with Crippen molar-refractivity contribution in [1.82, 2.24) is 10.2 Å². The molecular formula is C20H30N2OS2. The average molecular weight is 379 g/mol. The molecule has 2 saturated heterocycles. The first-order valence-corrected chi connectivity index (χ1v) is 12.0. The number of nitrogens with zero attached hydrogens (tertiary/aromatic N) is 1. The van der Waals surface area contributed by atoms with Gasteiger partial charge in [0.15, 0.2) is 0 Å². The molecule has 2 heterocycles. The molecule has 1 aromatic carbocycles. The van der Waals surface area contributed by atoms with Crippen LogP contribution >= 0.6 is 21.6 Å². The van der Waals surface area contributed by atoms with Gasteiger partial charge in [0.25, 0.3) is 0 Å². The van der Waals surface area contributed by atoms with Gasteiger partial charge in [0.2, 0.25) is 5.91 Å². The van der Waals surface area contributed by atoms with Crippen LogP contribution in [-0.2, 0) is 11.3 Å². The summed E-state index contributed by atoms with van der Waals surface area (Å²) >= 11 is 0. The fourth-order valence-corrected chi connectivity index (χ4v) is 6.63. The van der Waals surface area contributed by atoms with Crippen LogP contribution in [0.2, 0.25) is 0 Å². The maximum atomic E-state index is 12.1. The zero-order chi connectivity index (χ0) is 17.3. The smallest absolute Gasteiger partial charge is 0.220 e. The quantitative estimate of drug-likeness (QED) is 0.534. The van der Waals surface area contributed by atoms with Gasteiger partial charge in [0.1, 0.15) is 0 Å². The first-order valence-electron chi connectivity index (χ1n) is 9.63. The van der Waals surface area contributed by atoms with Crippen LogP contribution in [0.5, 0.6) is 0 Å². The number of benzene rings is 1. The van der Waals surface area contributed by atoms with Crippen molar-refractivity contribution in [2.75, 3.05) is 18.8 Å². The standard InChI is InChI=1S/C20H30N2OS2/c23-20(9-5-4-8-19-12-15-24-25-19)21-18-10-13-22(14-11-18)16-17-6-2-1-3-7-17/h1-3,6-7,18-19H,4-5,8-16H2,(H,21,23)/t19-/m0/s1. The minimum atomic E-state index is 0.259. The van der Waals surface area contributed by atoms with E-state index in [1.165, 1.54) is 30.6 Å². The number of carbonyl (C=O) groups excluding carboxylic acids is 1. The van der Waals surface area contributed by atoms with Gasteiger partial charge >= 0.3 is 0 Å². The number of hydrogen-bond donors (Lipinski definition) is 1. The number of amides is 1. The highest BCUT2D eigenvalue weighted by atomic mass is 33.1. The van der Waals surface area contributed by atoms with Gasteiger partial charge in [0.05, 0.1) is 0 Å². The maximum Gasteiger partial charge on any atom is 0.220 e. The molecule has 0 aliphatic carbocycles. The summed E-state index contributed by atoms with van der Waals surface area (Å²) < 4.78 is 0. The van der Waals surface area contributed by atoms with Crippen LogP contribution in [0.4, 0.5) is 0 Å². The minimum Gasteiger partial charge on any atom is -0.353 e. The molecule has 5 heteroatoms. The normalized spacial score (nSPS) is 22.2. The molecule has 1 N–H and O–H groups in total. The largest absolute Gasteiger partial charge is 0.353 e. The van der Waals surface area contributed by atoms with E-state index < -0.39 is 0 Å². The van der Waals surface area contributed by atoms with Gasteiger partial charge in [-0.1, -0.05) is 58.3 Å². The van der Waals surface area contributed by atoms with Crippen LogP contribution in [0.15, 0.2) is 30.3 Å². The average Bonchev–Trinajstić information content (AvgIpc) is 3.15. The lowest BCUT2D eigenvalue weighted by molar-refractivity contribution is -0.122. The zero-order valence-corrected chi connectivity index (χ0v) is 16.6. The van der Waals surface area contributed by atoms with Gasteiger partial charge in [-0.25, -0.2) is 0 Å². The second kappa shape index (κ2) is 10.5. The predicted molar refractivity (Wildman–Crippen MR) is 110 cm³/mol. The van der Waals surface area contributed by atoms with Crippen LogP contribution in [0.1, 0.15) is 50.5 Å². The van der Waals surface area contributed by atoms with Crippen molar-refractivity contribution in [2.45, 2.75) is 62.8 Å². The Kier molecular flexibility index (Phi) is 8.02. The van der Waals surface area contributed by atoms with Gasteiger partial charge in [-0.05, 0) is 37.7 Å². The van der Waals surface area contributed by atoms with Crippen molar-refractivity contribution in [3.8, 4) is 0 Å². The summed E-state index contributed by atoms with van der Waals surface area (Å²) in [5, 5.41) is 4.09. The molecule has 0 aromatic heterocycles. The van der Waals surface area contributed by atoms with Crippen molar-refractivity contribution >= 4 is 27.5 Å². The molecule has 0 spiro atoms. The molecule has 1 aromatic rings. The monoisotopic (exact) mass is 378 g/mol. The molecule has 2 fully saturated rings. The topological polar surface area (TPSA) is 32.3 Å². The molecule has 1 amide bonds. The number of likely N-dealkylation sites (tertiary alicyclic amines) is 1. The van der Waals surface area contributed by atoms with Crippen molar-refractivity contribution in [1.29, 1.82) is 0 Å². The second-order valence-electron chi connectivity index (χ2n) is 7.18. The highest BCUT2D eigenvalue weighted by molar-refractivity contribution is 8.77. The van der Waals surface area contributed by atoms with Gasteiger partial charge in [-0.2, -0.15) is 0 Å². The third-order valence-corrected chi connectivity index (χ3v) is 8.12. The summed E-state index contributed by atoms with van der Waals surface area (Å²) in [6.45, 7) is 3.19. The Hall–Kier alpha value is -0.650. The van der Waals surface area contributed by atoms with E-state index in [4.69, 9.17) is 0 Å². The second-order valence-corrected chi connectivity index (χ2v) is 9.97.